The van der Waals surface area contributed by atoms with E-state index in [0.717, 1.165) is 25.0 Å². The summed E-state index contributed by atoms with van der Waals surface area (Å²) in [5.41, 5.74) is 0.349. The highest BCUT2D eigenvalue weighted by molar-refractivity contribution is 9.10. The molecule has 1 aromatic heterocycles. The predicted octanol–water partition coefficient (Wildman–Crippen LogP) is 4.25. The molecule has 0 radical (unpaired) electrons. The molecule has 1 unspecified atom stereocenters. The van der Waals surface area contributed by atoms with Crippen molar-refractivity contribution in [3.63, 3.8) is 0 Å². The molecule has 0 spiro atoms. The Bertz CT molecular complexity index is 451. The normalized spacial score (nSPS) is 26.9. The van der Waals surface area contributed by atoms with Gasteiger partial charge in [0.25, 0.3) is 0 Å². The van der Waals surface area contributed by atoms with E-state index in [2.05, 4.69) is 51.4 Å². The average molecular weight is 357 g/mol. The molecule has 2 fully saturated rings. The van der Waals surface area contributed by atoms with Gasteiger partial charge >= 0.3 is 0 Å². The molecule has 2 heterocycles. The number of nitrogens with zero attached hydrogens (tertiary/aromatic N) is 1. The number of hydrogen-bond acceptors (Lipinski definition) is 3. The molecular weight excluding hydrogens is 332 g/mol. The molecule has 0 aromatic carbocycles. The van der Waals surface area contributed by atoms with Crippen LogP contribution in [0.2, 0.25) is 0 Å². The third-order valence-electron chi connectivity index (χ3n) is 5.26. The first-order chi connectivity index (χ1) is 9.66. The van der Waals surface area contributed by atoms with Crippen molar-refractivity contribution in [2.45, 2.75) is 57.7 Å². The van der Waals surface area contributed by atoms with E-state index in [1.54, 1.807) is 0 Å². The van der Waals surface area contributed by atoms with E-state index in [4.69, 9.17) is 0 Å². The topological polar surface area (TPSA) is 15.3 Å². The van der Waals surface area contributed by atoms with E-state index in [9.17, 15) is 0 Å². The molecule has 1 aliphatic heterocycles. The molecule has 1 saturated heterocycles. The Labute approximate surface area is 135 Å². The molecule has 1 saturated carbocycles. The average Bonchev–Trinajstić information content (AvgIpc) is 3.23. The standard InChI is InChI=1S/C16H25BrN2S/c1-3-16(4-2)11-18-15(12-5-6-12)9-19(16)8-14-7-13(17)10-20-14/h7,10,12,15,18H,3-6,8-9,11H2,1-2H3. The summed E-state index contributed by atoms with van der Waals surface area (Å²) in [6, 6.07) is 3.01. The Kier molecular flexibility index (Phi) is 4.56. The van der Waals surface area contributed by atoms with Gasteiger partial charge in [0.1, 0.15) is 0 Å². The molecule has 1 aliphatic carbocycles. The molecule has 1 atom stereocenters. The van der Waals surface area contributed by atoms with Gasteiger partial charge in [-0.2, -0.15) is 0 Å². The molecule has 112 valence electrons. The van der Waals surface area contributed by atoms with E-state index in [0.29, 0.717) is 5.54 Å². The van der Waals surface area contributed by atoms with Gasteiger partial charge in [-0.05, 0) is 53.6 Å². The lowest BCUT2D eigenvalue weighted by atomic mass is 9.86. The number of piperazine rings is 1. The smallest absolute Gasteiger partial charge is 0.0335 e. The Morgan fingerprint density at radius 2 is 2.15 bits per heavy atom. The fraction of sp³-hybridized carbons (Fsp3) is 0.750. The summed E-state index contributed by atoms with van der Waals surface area (Å²) >= 11 is 5.47. The van der Waals surface area contributed by atoms with Crippen LogP contribution in [0.1, 0.15) is 44.4 Å². The Balaban J connectivity index is 1.76. The van der Waals surface area contributed by atoms with E-state index >= 15 is 0 Å². The molecule has 0 amide bonds. The largest absolute Gasteiger partial charge is 0.311 e. The summed E-state index contributed by atoms with van der Waals surface area (Å²) in [7, 11) is 0. The van der Waals surface area contributed by atoms with E-state index in [-0.39, 0.29) is 0 Å². The van der Waals surface area contributed by atoms with Crippen LogP contribution in [0.15, 0.2) is 15.9 Å². The minimum absolute atomic E-state index is 0.349. The molecule has 3 rings (SSSR count). The quantitative estimate of drug-likeness (QED) is 0.847. The van der Waals surface area contributed by atoms with Gasteiger partial charge in [0.15, 0.2) is 0 Å². The van der Waals surface area contributed by atoms with E-state index < -0.39 is 0 Å². The zero-order valence-electron chi connectivity index (χ0n) is 12.5. The first-order valence-electron chi connectivity index (χ1n) is 7.88. The Hall–Kier alpha value is 0.1000. The third kappa shape index (κ3) is 2.99. The van der Waals surface area contributed by atoms with Crippen LogP contribution in [0.3, 0.4) is 0 Å². The molecule has 2 nitrogen and oxygen atoms in total. The maximum absolute atomic E-state index is 3.85. The van der Waals surface area contributed by atoms with Crippen molar-refractivity contribution < 1.29 is 0 Å². The molecule has 2 aliphatic rings. The molecule has 1 aromatic rings. The second-order valence-corrected chi connectivity index (χ2v) is 8.28. The predicted molar refractivity (Wildman–Crippen MR) is 90.3 cm³/mol. The maximum Gasteiger partial charge on any atom is 0.0335 e. The fourth-order valence-electron chi connectivity index (χ4n) is 3.55. The SMILES string of the molecule is CCC1(CC)CNC(C2CC2)CN1Cc1cc(Br)cs1. The Morgan fingerprint density at radius 1 is 1.40 bits per heavy atom. The van der Waals surface area contributed by atoms with Gasteiger partial charge < -0.3 is 5.32 Å². The number of halogens is 1. The summed E-state index contributed by atoms with van der Waals surface area (Å²) in [6.45, 7) is 8.19. The zero-order valence-corrected chi connectivity index (χ0v) is 14.9. The molecule has 4 heteroatoms. The van der Waals surface area contributed by atoms with Crippen LogP contribution in [0, 0.1) is 5.92 Å². The van der Waals surface area contributed by atoms with E-state index in [1.165, 1.54) is 41.6 Å². The van der Waals surface area contributed by atoms with Gasteiger partial charge in [-0.15, -0.1) is 11.3 Å². The number of nitrogens with one attached hydrogen (secondary N) is 1. The molecule has 1 N–H and O–H groups in total. The van der Waals surface area contributed by atoms with E-state index in [1.807, 2.05) is 11.3 Å². The summed E-state index contributed by atoms with van der Waals surface area (Å²) in [5, 5.41) is 6.05. The second-order valence-electron chi connectivity index (χ2n) is 6.37. The minimum Gasteiger partial charge on any atom is -0.311 e. The third-order valence-corrected chi connectivity index (χ3v) is 6.94. The number of rotatable bonds is 5. The fourth-order valence-corrected chi connectivity index (χ4v) is 5.01. The minimum atomic E-state index is 0.349. The van der Waals surface area contributed by atoms with Gasteiger partial charge in [0, 0.05) is 45.9 Å². The number of thiophene rings is 1. The molecule has 0 bridgehead atoms. The van der Waals surface area contributed by atoms with Crippen molar-refractivity contribution in [2.75, 3.05) is 13.1 Å². The summed E-state index contributed by atoms with van der Waals surface area (Å²) in [5.74, 6) is 0.944. The van der Waals surface area contributed by atoms with Crippen LogP contribution < -0.4 is 5.32 Å². The van der Waals surface area contributed by atoms with Crippen molar-refractivity contribution in [2.24, 2.45) is 5.92 Å². The highest BCUT2D eigenvalue weighted by Crippen LogP contribution is 2.38. The van der Waals surface area contributed by atoms with Crippen LogP contribution in [-0.2, 0) is 6.54 Å². The summed E-state index contributed by atoms with van der Waals surface area (Å²) < 4.78 is 1.23. The first kappa shape index (κ1) is 15.0. The van der Waals surface area contributed by atoms with Crippen molar-refractivity contribution in [1.82, 2.24) is 10.2 Å². The highest BCUT2D eigenvalue weighted by Gasteiger charge is 2.43. The zero-order chi connectivity index (χ0) is 14.2. The van der Waals surface area contributed by atoms with Crippen molar-refractivity contribution in [1.29, 1.82) is 0 Å². The van der Waals surface area contributed by atoms with Crippen molar-refractivity contribution in [3.05, 3.63) is 20.8 Å². The lowest BCUT2D eigenvalue weighted by Crippen LogP contribution is -2.64. The maximum atomic E-state index is 3.85. The van der Waals surface area contributed by atoms with Gasteiger partial charge in [-0.1, -0.05) is 13.8 Å². The Morgan fingerprint density at radius 3 is 2.70 bits per heavy atom. The van der Waals surface area contributed by atoms with Crippen LogP contribution in [-0.4, -0.2) is 29.6 Å². The number of hydrogen-bond donors (Lipinski definition) is 1. The van der Waals surface area contributed by atoms with Crippen LogP contribution in [0.25, 0.3) is 0 Å². The van der Waals surface area contributed by atoms with Crippen molar-refractivity contribution in [3.8, 4) is 0 Å². The summed E-state index contributed by atoms with van der Waals surface area (Å²) in [6.07, 6.45) is 5.34. The lowest BCUT2D eigenvalue weighted by molar-refractivity contribution is 0.0211. The molecule has 20 heavy (non-hydrogen) atoms. The van der Waals surface area contributed by atoms with Crippen LogP contribution in [0.4, 0.5) is 0 Å². The van der Waals surface area contributed by atoms with Gasteiger partial charge in [0.2, 0.25) is 0 Å². The van der Waals surface area contributed by atoms with Gasteiger partial charge in [0.05, 0.1) is 0 Å². The van der Waals surface area contributed by atoms with Gasteiger partial charge in [-0.3, -0.25) is 4.90 Å². The second kappa shape index (κ2) is 6.07. The van der Waals surface area contributed by atoms with Crippen molar-refractivity contribution >= 4 is 27.3 Å². The molecular formula is C16H25BrN2S. The lowest BCUT2D eigenvalue weighted by Gasteiger charge is -2.50. The van der Waals surface area contributed by atoms with Crippen LogP contribution >= 0.6 is 27.3 Å². The van der Waals surface area contributed by atoms with Crippen LogP contribution in [0.5, 0.6) is 0 Å². The monoisotopic (exact) mass is 356 g/mol. The first-order valence-corrected chi connectivity index (χ1v) is 9.55. The highest BCUT2D eigenvalue weighted by atomic mass is 79.9. The van der Waals surface area contributed by atoms with Gasteiger partial charge in [-0.25, -0.2) is 0 Å². The summed E-state index contributed by atoms with van der Waals surface area (Å²) in [4.78, 5) is 4.25.